The Hall–Kier alpha value is -2.95. The maximum absolute atomic E-state index is 13.0. The molecule has 1 amide bonds. The molecule has 0 radical (unpaired) electrons. The van der Waals surface area contributed by atoms with Crippen LogP contribution in [0.3, 0.4) is 0 Å². The number of anilines is 1. The lowest BCUT2D eigenvalue weighted by Gasteiger charge is -2.42. The Kier molecular flexibility index (Phi) is 5.34. The number of rotatable bonds is 5. The fourth-order valence-electron chi connectivity index (χ4n) is 5.40. The first kappa shape index (κ1) is 20.0. The van der Waals surface area contributed by atoms with E-state index in [-0.39, 0.29) is 0 Å². The molecular formula is C26H30N4O. The van der Waals surface area contributed by atoms with Crippen molar-refractivity contribution in [2.24, 2.45) is 0 Å². The van der Waals surface area contributed by atoms with E-state index in [0.717, 1.165) is 50.1 Å². The summed E-state index contributed by atoms with van der Waals surface area (Å²) in [6.07, 6.45) is 8.48. The minimum Gasteiger partial charge on any atom is -0.347 e. The topological polar surface area (TPSA) is 49.3 Å². The van der Waals surface area contributed by atoms with Crippen molar-refractivity contribution in [1.29, 1.82) is 0 Å². The van der Waals surface area contributed by atoms with E-state index < -0.39 is 0 Å². The number of aryl methyl sites for hydroxylation is 3. The fourth-order valence-corrected chi connectivity index (χ4v) is 5.40. The highest BCUT2D eigenvalue weighted by Crippen LogP contribution is 2.35. The van der Waals surface area contributed by atoms with Gasteiger partial charge in [0, 0.05) is 49.4 Å². The molecule has 2 fully saturated rings. The zero-order chi connectivity index (χ0) is 21.4. The Balaban J connectivity index is 1.21. The van der Waals surface area contributed by atoms with Gasteiger partial charge in [-0.15, -0.1) is 0 Å². The average molecular weight is 415 g/mol. The van der Waals surface area contributed by atoms with Gasteiger partial charge in [-0.3, -0.25) is 9.78 Å². The first-order valence-corrected chi connectivity index (χ1v) is 11.4. The van der Waals surface area contributed by atoms with E-state index in [1.54, 1.807) is 0 Å². The number of carbonyl (C=O) groups is 1. The van der Waals surface area contributed by atoms with Crippen molar-refractivity contribution in [2.75, 3.05) is 18.0 Å². The second-order valence-electron chi connectivity index (χ2n) is 9.08. The van der Waals surface area contributed by atoms with E-state index in [2.05, 4.69) is 52.9 Å². The smallest absolute Gasteiger partial charge is 0.222 e. The van der Waals surface area contributed by atoms with Crippen LogP contribution in [0.5, 0.6) is 0 Å². The molecule has 2 unspecified atom stereocenters. The number of likely N-dealkylation sites (tertiary alicyclic amines) is 1. The molecule has 1 aromatic carbocycles. The molecule has 5 rings (SSSR count). The summed E-state index contributed by atoms with van der Waals surface area (Å²) in [4.78, 5) is 26.8. The van der Waals surface area contributed by atoms with Gasteiger partial charge < -0.3 is 9.80 Å². The van der Waals surface area contributed by atoms with Crippen LogP contribution in [-0.4, -0.2) is 45.9 Å². The van der Waals surface area contributed by atoms with Crippen molar-refractivity contribution in [3.63, 3.8) is 0 Å². The summed E-state index contributed by atoms with van der Waals surface area (Å²) in [5.74, 6) is 1.40. The van der Waals surface area contributed by atoms with Crippen LogP contribution in [0.15, 0.2) is 48.8 Å². The van der Waals surface area contributed by atoms with Crippen LogP contribution in [0.1, 0.15) is 42.4 Å². The number of hydrogen-bond donors (Lipinski definition) is 0. The van der Waals surface area contributed by atoms with Crippen LogP contribution in [0, 0.1) is 13.8 Å². The maximum Gasteiger partial charge on any atom is 0.222 e. The van der Waals surface area contributed by atoms with E-state index in [1.165, 1.54) is 22.1 Å². The summed E-state index contributed by atoms with van der Waals surface area (Å²) >= 11 is 0. The number of fused-ring (bicyclic) bond motifs is 3. The van der Waals surface area contributed by atoms with E-state index in [1.807, 2.05) is 24.5 Å². The summed E-state index contributed by atoms with van der Waals surface area (Å²) in [5, 5.41) is 1.20. The quantitative estimate of drug-likeness (QED) is 0.619. The maximum atomic E-state index is 13.0. The standard InChI is InChI=1S/C26H30N4O/c1-18-14-19(2)26(28-15-18)30-21-11-12-22(30)17-29(16-21)25(31)10-4-7-20-6-3-9-24-23(20)8-5-13-27-24/h3,5-6,8-9,13-15,21-22H,4,7,10-12,16-17H2,1-2H3. The van der Waals surface area contributed by atoms with Gasteiger partial charge in [0.25, 0.3) is 0 Å². The Morgan fingerprint density at radius 3 is 2.65 bits per heavy atom. The third-order valence-corrected chi connectivity index (χ3v) is 6.84. The van der Waals surface area contributed by atoms with Gasteiger partial charge in [0.15, 0.2) is 0 Å². The number of piperazine rings is 1. The van der Waals surface area contributed by atoms with Gasteiger partial charge >= 0.3 is 0 Å². The lowest BCUT2D eigenvalue weighted by atomic mass is 10.0. The summed E-state index contributed by atoms with van der Waals surface area (Å²) in [5.41, 5.74) is 4.74. The fraction of sp³-hybridized carbons (Fsp3) is 0.423. The van der Waals surface area contributed by atoms with Gasteiger partial charge in [0.05, 0.1) is 5.52 Å². The highest BCUT2D eigenvalue weighted by Gasteiger charge is 2.42. The van der Waals surface area contributed by atoms with Gasteiger partial charge in [0.1, 0.15) is 5.82 Å². The van der Waals surface area contributed by atoms with Crippen LogP contribution < -0.4 is 4.90 Å². The van der Waals surface area contributed by atoms with Gasteiger partial charge in [-0.1, -0.05) is 24.3 Å². The molecule has 3 aromatic rings. The molecule has 5 nitrogen and oxygen atoms in total. The average Bonchev–Trinajstić information content (AvgIpc) is 3.02. The number of amides is 1. The van der Waals surface area contributed by atoms with Crippen molar-refractivity contribution in [2.45, 2.75) is 58.0 Å². The van der Waals surface area contributed by atoms with Gasteiger partial charge in [0.2, 0.25) is 5.91 Å². The zero-order valence-corrected chi connectivity index (χ0v) is 18.4. The van der Waals surface area contributed by atoms with Crippen LogP contribution in [0.2, 0.25) is 0 Å². The Bertz CT molecular complexity index is 1090. The Labute approximate surface area is 184 Å². The lowest BCUT2D eigenvalue weighted by Crippen LogP contribution is -2.56. The molecule has 0 saturated carbocycles. The highest BCUT2D eigenvalue weighted by atomic mass is 16.2. The number of nitrogens with zero attached hydrogens (tertiary/aromatic N) is 4. The molecule has 2 atom stereocenters. The third-order valence-electron chi connectivity index (χ3n) is 6.84. The third kappa shape index (κ3) is 3.89. The lowest BCUT2D eigenvalue weighted by molar-refractivity contribution is -0.132. The SMILES string of the molecule is Cc1cnc(N2C3CCC2CN(C(=O)CCCc2cccc4ncccc24)C3)c(C)c1. The van der Waals surface area contributed by atoms with Crippen molar-refractivity contribution in [3.05, 3.63) is 65.5 Å². The largest absolute Gasteiger partial charge is 0.347 e. The first-order chi connectivity index (χ1) is 15.1. The number of benzene rings is 1. The molecule has 0 spiro atoms. The van der Waals surface area contributed by atoms with Crippen molar-refractivity contribution in [1.82, 2.24) is 14.9 Å². The van der Waals surface area contributed by atoms with Crippen molar-refractivity contribution in [3.8, 4) is 0 Å². The number of pyridine rings is 2. The molecule has 2 saturated heterocycles. The van der Waals surface area contributed by atoms with Crippen LogP contribution in [0.4, 0.5) is 5.82 Å². The van der Waals surface area contributed by atoms with Gasteiger partial charge in [-0.05, 0) is 68.4 Å². The summed E-state index contributed by atoms with van der Waals surface area (Å²) in [6.45, 7) is 5.88. The Morgan fingerprint density at radius 1 is 1.06 bits per heavy atom. The molecular weight excluding hydrogens is 384 g/mol. The van der Waals surface area contributed by atoms with E-state index >= 15 is 0 Å². The molecule has 31 heavy (non-hydrogen) atoms. The van der Waals surface area contributed by atoms with Crippen LogP contribution in [-0.2, 0) is 11.2 Å². The molecule has 0 N–H and O–H groups in total. The van der Waals surface area contributed by atoms with Crippen molar-refractivity contribution < 1.29 is 4.79 Å². The summed E-state index contributed by atoms with van der Waals surface area (Å²) < 4.78 is 0. The first-order valence-electron chi connectivity index (χ1n) is 11.4. The van der Waals surface area contributed by atoms with Crippen LogP contribution >= 0.6 is 0 Å². The van der Waals surface area contributed by atoms with E-state index in [4.69, 9.17) is 4.98 Å². The number of hydrogen-bond acceptors (Lipinski definition) is 4. The van der Waals surface area contributed by atoms with E-state index in [9.17, 15) is 4.79 Å². The highest BCUT2D eigenvalue weighted by molar-refractivity contribution is 5.82. The zero-order valence-electron chi connectivity index (χ0n) is 18.4. The Morgan fingerprint density at radius 2 is 1.87 bits per heavy atom. The van der Waals surface area contributed by atoms with E-state index in [0.29, 0.717) is 24.4 Å². The summed E-state index contributed by atoms with van der Waals surface area (Å²) in [7, 11) is 0. The molecule has 160 valence electrons. The molecule has 5 heteroatoms. The minimum atomic E-state index is 0.295. The van der Waals surface area contributed by atoms with Crippen LogP contribution in [0.25, 0.3) is 10.9 Å². The molecule has 2 aromatic heterocycles. The predicted octanol–water partition coefficient (Wildman–Crippen LogP) is 4.45. The molecule has 2 bridgehead atoms. The second-order valence-corrected chi connectivity index (χ2v) is 9.08. The van der Waals surface area contributed by atoms with Crippen molar-refractivity contribution >= 4 is 22.6 Å². The molecule has 2 aliphatic heterocycles. The minimum absolute atomic E-state index is 0.295. The van der Waals surface area contributed by atoms with Gasteiger partial charge in [-0.2, -0.15) is 0 Å². The predicted molar refractivity (Wildman–Crippen MR) is 124 cm³/mol. The number of carbonyl (C=O) groups excluding carboxylic acids is 1. The molecule has 0 aliphatic carbocycles. The molecule has 2 aliphatic rings. The van der Waals surface area contributed by atoms with Gasteiger partial charge in [-0.25, -0.2) is 4.98 Å². The molecule has 4 heterocycles. The monoisotopic (exact) mass is 414 g/mol. The normalized spacial score (nSPS) is 20.5. The number of aromatic nitrogens is 2. The summed E-state index contributed by atoms with van der Waals surface area (Å²) in [6, 6.07) is 13.4. The second kappa shape index (κ2) is 8.29.